The average molecular weight is 369 g/mol. The van der Waals surface area contributed by atoms with Crippen molar-refractivity contribution in [2.75, 3.05) is 12.4 Å². The highest BCUT2D eigenvalue weighted by Crippen LogP contribution is 2.26. The van der Waals surface area contributed by atoms with Crippen molar-refractivity contribution in [3.8, 4) is 11.6 Å². The number of fused-ring (bicyclic) bond motifs is 1. The second-order valence-electron chi connectivity index (χ2n) is 6.75. The zero-order chi connectivity index (χ0) is 19.6. The Morgan fingerprint density at radius 3 is 2.63 bits per heavy atom. The van der Waals surface area contributed by atoms with E-state index in [0.717, 1.165) is 0 Å². The summed E-state index contributed by atoms with van der Waals surface area (Å²) in [5.41, 5.74) is 1.72. The predicted molar refractivity (Wildman–Crippen MR) is 98.4 cm³/mol. The van der Waals surface area contributed by atoms with E-state index in [9.17, 15) is 9.59 Å². The molecule has 0 bridgehead atoms. The summed E-state index contributed by atoms with van der Waals surface area (Å²) in [5, 5.41) is 2.65. The lowest BCUT2D eigenvalue weighted by molar-refractivity contribution is 0.0598. The molecule has 1 N–H and O–H groups in total. The molecule has 3 aromatic rings. The van der Waals surface area contributed by atoms with Gasteiger partial charge in [-0.15, -0.1) is 0 Å². The van der Waals surface area contributed by atoms with E-state index in [1.807, 2.05) is 0 Å². The monoisotopic (exact) mass is 369 g/mol. The number of rotatable bonds is 3. The van der Waals surface area contributed by atoms with Crippen molar-refractivity contribution in [3.05, 3.63) is 42.1 Å². The first-order valence-corrected chi connectivity index (χ1v) is 8.20. The number of hydrogen-bond donors (Lipinski definition) is 1. The number of nitrogens with zero attached hydrogens (tertiary/aromatic N) is 2. The molecule has 0 fully saturated rings. The summed E-state index contributed by atoms with van der Waals surface area (Å²) < 4.78 is 15.6. The zero-order valence-electron chi connectivity index (χ0n) is 15.4. The number of pyridine rings is 1. The maximum absolute atomic E-state index is 11.9. The van der Waals surface area contributed by atoms with Crippen LogP contribution >= 0.6 is 0 Å². The molecule has 0 saturated carbocycles. The van der Waals surface area contributed by atoms with Crippen molar-refractivity contribution < 1.29 is 23.5 Å². The van der Waals surface area contributed by atoms with Gasteiger partial charge in [0.05, 0.1) is 12.7 Å². The number of oxazole rings is 1. The molecule has 1 amide bonds. The quantitative estimate of drug-likeness (QED) is 0.695. The first kappa shape index (κ1) is 18.4. The molecule has 0 aliphatic heterocycles. The molecule has 2 aromatic heterocycles. The van der Waals surface area contributed by atoms with Gasteiger partial charge in [-0.1, -0.05) is 0 Å². The van der Waals surface area contributed by atoms with Crippen LogP contribution in [0.1, 0.15) is 31.1 Å². The maximum atomic E-state index is 11.9. The summed E-state index contributed by atoms with van der Waals surface area (Å²) in [7, 11) is 1.31. The maximum Gasteiger partial charge on any atom is 0.412 e. The number of hydrogen-bond acceptors (Lipinski definition) is 7. The Balaban J connectivity index is 1.86. The zero-order valence-corrected chi connectivity index (χ0v) is 15.4. The van der Waals surface area contributed by atoms with Crippen molar-refractivity contribution in [1.29, 1.82) is 0 Å². The van der Waals surface area contributed by atoms with Crippen LogP contribution in [0, 0.1) is 0 Å². The van der Waals surface area contributed by atoms with E-state index in [-0.39, 0.29) is 5.89 Å². The molecule has 0 spiro atoms. The molecule has 0 aliphatic rings. The Bertz CT molecular complexity index is 1000. The van der Waals surface area contributed by atoms with Gasteiger partial charge in [-0.3, -0.25) is 10.3 Å². The minimum atomic E-state index is -0.592. The van der Waals surface area contributed by atoms with Crippen LogP contribution in [-0.2, 0) is 9.47 Å². The second kappa shape index (κ2) is 7.06. The van der Waals surface area contributed by atoms with E-state index in [1.54, 1.807) is 45.0 Å². The van der Waals surface area contributed by atoms with Crippen LogP contribution in [0.25, 0.3) is 22.7 Å². The Morgan fingerprint density at radius 1 is 1.15 bits per heavy atom. The molecule has 0 atom stereocenters. The van der Waals surface area contributed by atoms with Gasteiger partial charge in [-0.2, -0.15) is 0 Å². The number of carbonyl (C=O) groups is 2. The SMILES string of the molecule is COC(=O)c1ccnc(-c2nc3cc(NC(=O)OC(C)(C)C)ccc3o2)c1. The highest BCUT2D eigenvalue weighted by atomic mass is 16.6. The molecular formula is C19H19N3O5. The van der Waals surface area contributed by atoms with Gasteiger partial charge >= 0.3 is 12.1 Å². The first-order chi connectivity index (χ1) is 12.7. The second-order valence-corrected chi connectivity index (χ2v) is 6.75. The molecule has 27 heavy (non-hydrogen) atoms. The highest BCUT2D eigenvalue weighted by molar-refractivity contribution is 5.91. The van der Waals surface area contributed by atoms with E-state index < -0.39 is 17.7 Å². The normalized spacial score (nSPS) is 11.3. The van der Waals surface area contributed by atoms with Crippen molar-refractivity contribution in [1.82, 2.24) is 9.97 Å². The number of amides is 1. The number of ether oxygens (including phenoxy) is 2. The van der Waals surface area contributed by atoms with Gasteiger partial charge in [-0.25, -0.2) is 14.6 Å². The number of methoxy groups -OCH3 is 1. The molecule has 0 saturated heterocycles. The lowest BCUT2D eigenvalue weighted by atomic mass is 10.2. The number of aromatic nitrogens is 2. The Labute approximate surface area is 155 Å². The molecule has 0 aliphatic carbocycles. The van der Waals surface area contributed by atoms with E-state index >= 15 is 0 Å². The number of carbonyl (C=O) groups excluding carboxylic acids is 2. The van der Waals surface area contributed by atoms with Gasteiger partial charge < -0.3 is 13.9 Å². The molecule has 8 heteroatoms. The average Bonchev–Trinajstić information content (AvgIpc) is 3.03. The summed E-state index contributed by atoms with van der Waals surface area (Å²) in [5.74, 6) is -0.219. The van der Waals surface area contributed by atoms with Gasteiger partial charge in [0.15, 0.2) is 5.58 Å². The minimum Gasteiger partial charge on any atom is -0.465 e. The Hall–Kier alpha value is -3.42. The summed E-state index contributed by atoms with van der Waals surface area (Å²) >= 11 is 0. The number of esters is 1. The third-order valence-corrected chi connectivity index (χ3v) is 3.43. The first-order valence-electron chi connectivity index (χ1n) is 8.20. The topological polar surface area (TPSA) is 104 Å². The Morgan fingerprint density at radius 2 is 1.93 bits per heavy atom. The smallest absolute Gasteiger partial charge is 0.412 e. The molecule has 1 aromatic carbocycles. The van der Waals surface area contributed by atoms with Crippen LogP contribution < -0.4 is 5.32 Å². The van der Waals surface area contributed by atoms with Crippen LogP contribution in [0.2, 0.25) is 0 Å². The van der Waals surface area contributed by atoms with Crippen molar-refractivity contribution in [2.45, 2.75) is 26.4 Å². The van der Waals surface area contributed by atoms with Gasteiger partial charge in [-0.05, 0) is 51.1 Å². The van der Waals surface area contributed by atoms with Gasteiger partial charge in [0.25, 0.3) is 0 Å². The summed E-state index contributed by atoms with van der Waals surface area (Å²) in [6.07, 6.45) is 0.921. The van der Waals surface area contributed by atoms with Crippen LogP contribution in [0.4, 0.5) is 10.5 Å². The largest absolute Gasteiger partial charge is 0.465 e. The van der Waals surface area contributed by atoms with E-state index in [4.69, 9.17) is 13.9 Å². The van der Waals surface area contributed by atoms with Gasteiger partial charge in [0.1, 0.15) is 16.8 Å². The predicted octanol–water partition coefficient (Wildman–Crippen LogP) is 4.02. The van der Waals surface area contributed by atoms with E-state index in [0.29, 0.717) is 28.0 Å². The van der Waals surface area contributed by atoms with Crippen molar-refractivity contribution >= 4 is 28.8 Å². The fourth-order valence-corrected chi connectivity index (χ4v) is 2.33. The minimum absolute atomic E-state index is 0.255. The number of anilines is 1. The number of nitrogens with one attached hydrogen (secondary N) is 1. The van der Waals surface area contributed by atoms with Crippen molar-refractivity contribution in [3.63, 3.8) is 0 Å². The summed E-state index contributed by atoms with van der Waals surface area (Å²) in [6.45, 7) is 5.36. The molecular weight excluding hydrogens is 350 g/mol. The van der Waals surface area contributed by atoms with Crippen LogP contribution in [0.15, 0.2) is 40.9 Å². The highest BCUT2D eigenvalue weighted by Gasteiger charge is 2.17. The third-order valence-electron chi connectivity index (χ3n) is 3.43. The van der Waals surface area contributed by atoms with Crippen molar-refractivity contribution in [2.24, 2.45) is 0 Å². The summed E-state index contributed by atoms with van der Waals surface area (Å²) in [6, 6.07) is 8.11. The molecule has 140 valence electrons. The van der Waals surface area contributed by atoms with E-state index in [1.165, 1.54) is 19.4 Å². The van der Waals surface area contributed by atoms with Crippen LogP contribution in [0.5, 0.6) is 0 Å². The third kappa shape index (κ3) is 4.41. The molecule has 8 nitrogen and oxygen atoms in total. The van der Waals surface area contributed by atoms with Crippen LogP contribution in [-0.4, -0.2) is 34.7 Å². The van der Waals surface area contributed by atoms with Crippen LogP contribution in [0.3, 0.4) is 0 Å². The van der Waals surface area contributed by atoms with E-state index in [2.05, 4.69) is 15.3 Å². The molecule has 3 rings (SSSR count). The van der Waals surface area contributed by atoms with Gasteiger partial charge in [0, 0.05) is 11.9 Å². The molecule has 0 radical (unpaired) electrons. The standard InChI is InChI=1S/C19H19N3O5/c1-19(2,3)27-18(24)21-12-5-6-15-13(10-12)22-16(26-15)14-9-11(7-8-20-14)17(23)25-4/h5-10H,1-4H3,(H,21,24). The summed E-state index contributed by atoms with van der Waals surface area (Å²) in [4.78, 5) is 32.1. The lowest BCUT2D eigenvalue weighted by Crippen LogP contribution is -2.27. The van der Waals surface area contributed by atoms with Gasteiger partial charge in [0.2, 0.25) is 5.89 Å². The fourth-order valence-electron chi connectivity index (χ4n) is 2.33. The number of benzene rings is 1. The fraction of sp³-hybridized carbons (Fsp3) is 0.263. The Kier molecular flexibility index (Phi) is 4.81. The molecule has 2 heterocycles. The molecule has 0 unspecified atom stereocenters. The lowest BCUT2D eigenvalue weighted by Gasteiger charge is -2.19.